The predicted molar refractivity (Wildman–Crippen MR) is 139 cm³/mol. The highest BCUT2D eigenvalue weighted by molar-refractivity contribution is 5.93. The van der Waals surface area contributed by atoms with E-state index in [0.717, 1.165) is 47.8 Å². The highest BCUT2D eigenvalue weighted by Crippen LogP contribution is 2.37. The SMILES string of the molecule is COc1ccccc1NC(=O)COc1ccc(-c2ccc3c(c2)OCO3)cc1CN1CCCC(C)C1. The number of anilines is 1. The Morgan fingerprint density at radius 3 is 2.69 bits per heavy atom. The highest BCUT2D eigenvalue weighted by atomic mass is 16.7. The van der Waals surface area contributed by atoms with Gasteiger partial charge in [0.15, 0.2) is 18.1 Å². The zero-order chi connectivity index (χ0) is 24.9. The second-order valence-electron chi connectivity index (χ2n) is 9.41. The monoisotopic (exact) mass is 488 g/mol. The van der Waals surface area contributed by atoms with E-state index in [1.165, 1.54) is 12.8 Å². The van der Waals surface area contributed by atoms with Crippen molar-refractivity contribution in [2.45, 2.75) is 26.3 Å². The molecule has 3 aromatic carbocycles. The number of benzene rings is 3. The second-order valence-corrected chi connectivity index (χ2v) is 9.41. The number of piperidine rings is 1. The molecule has 2 aliphatic rings. The summed E-state index contributed by atoms with van der Waals surface area (Å²) in [5, 5.41) is 2.87. The molecule has 7 heteroatoms. The smallest absolute Gasteiger partial charge is 0.262 e. The van der Waals surface area contributed by atoms with E-state index in [1.807, 2.05) is 48.5 Å². The fourth-order valence-electron chi connectivity index (χ4n) is 4.85. The molecule has 2 aliphatic heterocycles. The van der Waals surface area contributed by atoms with Gasteiger partial charge in [-0.2, -0.15) is 0 Å². The van der Waals surface area contributed by atoms with Crippen LogP contribution in [-0.4, -0.2) is 44.4 Å². The van der Waals surface area contributed by atoms with Gasteiger partial charge in [-0.15, -0.1) is 0 Å². The van der Waals surface area contributed by atoms with Crippen LogP contribution in [0.4, 0.5) is 5.69 Å². The summed E-state index contributed by atoms with van der Waals surface area (Å²) in [4.78, 5) is 15.1. The molecule has 0 spiro atoms. The van der Waals surface area contributed by atoms with Crippen LogP contribution in [0.5, 0.6) is 23.0 Å². The maximum atomic E-state index is 12.7. The Morgan fingerprint density at radius 1 is 1.03 bits per heavy atom. The maximum absolute atomic E-state index is 12.7. The lowest BCUT2D eigenvalue weighted by Gasteiger charge is -2.31. The van der Waals surface area contributed by atoms with Gasteiger partial charge < -0.3 is 24.3 Å². The van der Waals surface area contributed by atoms with Crippen LogP contribution in [0.1, 0.15) is 25.3 Å². The molecule has 0 saturated carbocycles. The van der Waals surface area contributed by atoms with E-state index in [1.54, 1.807) is 13.2 Å². The van der Waals surface area contributed by atoms with E-state index in [4.69, 9.17) is 18.9 Å². The first-order valence-corrected chi connectivity index (χ1v) is 12.4. The third-order valence-corrected chi connectivity index (χ3v) is 6.64. The molecule has 1 atom stereocenters. The maximum Gasteiger partial charge on any atom is 0.262 e. The summed E-state index contributed by atoms with van der Waals surface area (Å²) >= 11 is 0. The molecule has 1 unspecified atom stereocenters. The number of nitrogens with zero attached hydrogens (tertiary/aromatic N) is 1. The summed E-state index contributed by atoms with van der Waals surface area (Å²) in [5.74, 6) is 3.28. The van der Waals surface area contributed by atoms with E-state index in [-0.39, 0.29) is 19.3 Å². The molecule has 0 aliphatic carbocycles. The minimum atomic E-state index is -0.239. The number of hydrogen-bond acceptors (Lipinski definition) is 6. The number of fused-ring (bicyclic) bond motifs is 1. The van der Waals surface area contributed by atoms with Crippen molar-refractivity contribution in [1.29, 1.82) is 0 Å². The molecule has 0 bridgehead atoms. The topological polar surface area (TPSA) is 69.3 Å². The molecule has 5 rings (SSSR count). The molecule has 1 saturated heterocycles. The summed E-state index contributed by atoms with van der Waals surface area (Å²) in [6.45, 7) is 5.35. The van der Waals surface area contributed by atoms with E-state index >= 15 is 0 Å². The first-order valence-electron chi connectivity index (χ1n) is 12.4. The number of methoxy groups -OCH3 is 1. The molecular formula is C29H32N2O5. The number of amides is 1. The van der Waals surface area contributed by atoms with Gasteiger partial charge in [0.25, 0.3) is 5.91 Å². The summed E-state index contributed by atoms with van der Waals surface area (Å²) in [6.07, 6.45) is 2.46. The van der Waals surface area contributed by atoms with Crippen molar-refractivity contribution in [3.63, 3.8) is 0 Å². The van der Waals surface area contributed by atoms with Crippen molar-refractivity contribution in [2.75, 3.05) is 38.9 Å². The largest absolute Gasteiger partial charge is 0.495 e. The number of carbonyl (C=O) groups is 1. The Balaban J connectivity index is 1.35. The van der Waals surface area contributed by atoms with Gasteiger partial charge in [-0.05, 0) is 72.8 Å². The van der Waals surface area contributed by atoms with E-state index in [9.17, 15) is 4.79 Å². The number of hydrogen-bond donors (Lipinski definition) is 1. The van der Waals surface area contributed by atoms with Crippen LogP contribution in [0.15, 0.2) is 60.7 Å². The Kier molecular flexibility index (Phi) is 7.28. The van der Waals surface area contributed by atoms with E-state index in [2.05, 4.69) is 23.2 Å². The molecule has 36 heavy (non-hydrogen) atoms. The second kappa shape index (κ2) is 10.9. The van der Waals surface area contributed by atoms with Crippen molar-refractivity contribution >= 4 is 11.6 Å². The lowest BCUT2D eigenvalue weighted by Crippen LogP contribution is -2.33. The molecular weight excluding hydrogens is 456 g/mol. The number of para-hydroxylation sites is 2. The van der Waals surface area contributed by atoms with Crippen LogP contribution in [0.25, 0.3) is 11.1 Å². The quantitative estimate of drug-likeness (QED) is 0.462. The normalized spacial score (nSPS) is 17.0. The number of likely N-dealkylation sites (tertiary alicyclic amines) is 1. The van der Waals surface area contributed by atoms with Crippen molar-refractivity contribution in [2.24, 2.45) is 5.92 Å². The van der Waals surface area contributed by atoms with Crippen LogP contribution in [0.2, 0.25) is 0 Å². The highest BCUT2D eigenvalue weighted by Gasteiger charge is 2.20. The van der Waals surface area contributed by atoms with E-state index < -0.39 is 0 Å². The third kappa shape index (κ3) is 5.57. The van der Waals surface area contributed by atoms with Crippen LogP contribution >= 0.6 is 0 Å². The van der Waals surface area contributed by atoms with Gasteiger partial charge in [-0.25, -0.2) is 0 Å². The number of nitrogens with one attached hydrogen (secondary N) is 1. The fraction of sp³-hybridized carbons (Fsp3) is 0.345. The number of rotatable bonds is 8. The Hall–Kier alpha value is -3.71. The number of carbonyl (C=O) groups excluding carboxylic acids is 1. The summed E-state index contributed by atoms with van der Waals surface area (Å²) in [6, 6.07) is 19.4. The first kappa shape index (κ1) is 24.0. The Morgan fingerprint density at radius 2 is 1.83 bits per heavy atom. The molecule has 2 heterocycles. The van der Waals surface area contributed by atoms with Gasteiger partial charge in [0.05, 0.1) is 12.8 Å². The standard InChI is InChI=1S/C29H32N2O5/c1-20-6-5-13-31(16-20)17-23-14-21(22-10-12-27-28(15-22)36-19-35-27)9-11-25(23)34-18-29(32)30-24-7-3-4-8-26(24)33-2/h3-4,7-12,14-15,20H,5-6,13,16-19H2,1-2H3,(H,30,32). The number of ether oxygens (including phenoxy) is 4. The zero-order valence-electron chi connectivity index (χ0n) is 20.8. The van der Waals surface area contributed by atoms with Crippen LogP contribution < -0.4 is 24.3 Å². The van der Waals surface area contributed by atoms with Crippen LogP contribution in [0.3, 0.4) is 0 Å². The fourth-order valence-corrected chi connectivity index (χ4v) is 4.85. The van der Waals surface area contributed by atoms with Gasteiger partial charge in [-0.1, -0.05) is 31.2 Å². The molecule has 1 fully saturated rings. The molecule has 3 aromatic rings. The zero-order valence-corrected chi connectivity index (χ0v) is 20.8. The van der Waals surface area contributed by atoms with Crippen molar-refractivity contribution in [3.05, 3.63) is 66.2 Å². The molecule has 7 nitrogen and oxygen atoms in total. The molecule has 1 N–H and O–H groups in total. The van der Waals surface area contributed by atoms with Crippen molar-refractivity contribution < 1.29 is 23.7 Å². The first-order chi connectivity index (χ1) is 17.6. The Bertz CT molecular complexity index is 1230. The van der Waals surface area contributed by atoms with Gasteiger partial charge in [0.1, 0.15) is 11.5 Å². The van der Waals surface area contributed by atoms with Crippen LogP contribution in [-0.2, 0) is 11.3 Å². The lowest BCUT2D eigenvalue weighted by atomic mass is 9.98. The van der Waals surface area contributed by atoms with Crippen LogP contribution in [0, 0.1) is 5.92 Å². The minimum absolute atomic E-state index is 0.0924. The molecule has 1 amide bonds. The Labute approximate surface area is 211 Å². The molecule has 188 valence electrons. The average molecular weight is 489 g/mol. The summed E-state index contributed by atoms with van der Waals surface area (Å²) in [7, 11) is 1.58. The predicted octanol–water partition coefficient (Wildman–Crippen LogP) is 5.34. The summed E-state index contributed by atoms with van der Waals surface area (Å²) in [5.41, 5.74) is 3.80. The van der Waals surface area contributed by atoms with Gasteiger partial charge in [0.2, 0.25) is 6.79 Å². The van der Waals surface area contributed by atoms with Crippen molar-refractivity contribution in [1.82, 2.24) is 4.90 Å². The van der Waals surface area contributed by atoms with E-state index in [0.29, 0.717) is 23.1 Å². The van der Waals surface area contributed by atoms with Gasteiger partial charge >= 0.3 is 0 Å². The molecule has 0 radical (unpaired) electrons. The average Bonchev–Trinajstić information content (AvgIpc) is 3.36. The van der Waals surface area contributed by atoms with Crippen molar-refractivity contribution in [3.8, 4) is 34.1 Å². The lowest BCUT2D eigenvalue weighted by molar-refractivity contribution is -0.118. The van der Waals surface area contributed by atoms with Gasteiger partial charge in [0, 0.05) is 18.7 Å². The molecule has 0 aromatic heterocycles. The third-order valence-electron chi connectivity index (χ3n) is 6.64. The van der Waals surface area contributed by atoms with Gasteiger partial charge in [-0.3, -0.25) is 9.69 Å². The summed E-state index contributed by atoms with van der Waals surface area (Å²) < 4.78 is 22.4. The minimum Gasteiger partial charge on any atom is -0.495 e.